The van der Waals surface area contributed by atoms with Crippen molar-refractivity contribution >= 4 is 23.7 Å². The van der Waals surface area contributed by atoms with Crippen molar-refractivity contribution < 1.29 is 23.9 Å². The fourth-order valence-corrected chi connectivity index (χ4v) is 2.85. The minimum atomic E-state index is -0.996. The molecule has 0 unspecified atom stereocenters. The molecule has 2 rings (SSSR count). The zero-order valence-corrected chi connectivity index (χ0v) is 14.7. The van der Waals surface area contributed by atoms with Gasteiger partial charge in [-0.2, -0.15) is 0 Å². The van der Waals surface area contributed by atoms with E-state index in [0.29, 0.717) is 6.42 Å². The molecular formula is C18H22N2O5. The molecule has 0 saturated heterocycles. The van der Waals surface area contributed by atoms with Crippen molar-refractivity contribution in [2.45, 2.75) is 39.3 Å². The van der Waals surface area contributed by atoms with Crippen molar-refractivity contribution in [3.8, 4) is 0 Å². The van der Waals surface area contributed by atoms with Crippen LogP contribution in [-0.2, 0) is 14.3 Å². The second kappa shape index (κ2) is 7.46. The SMILES string of the molecule is CC[C@H](C)[C@H](C(=O)N[C@@H](C)C(=O)OC)N1C(=O)c2ccccc2C1=O. The van der Waals surface area contributed by atoms with Crippen LogP contribution in [0.1, 0.15) is 47.9 Å². The van der Waals surface area contributed by atoms with Crippen molar-refractivity contribution in [2.24, 2.45) is 5.92 Å². The van der Waals surface area contributed by atoms with Crippen LogP contribution in [0.15, 0.2) is 24.3 Å². The third-order valence-corrected chi connectivity index (χ3v) is 4.47. The molecule has 0 saturated carbocycles. The molecule has 0 bridgehead atoms. The van der Waals surface area contributed by atoms with Gasteiger partial charge in [-0.15, -0.1) is 0 Å². The van der Waals surface area contributed by atoms with Crippen LogP contribution >= 0.6 is 0 Å². The molecule has 1 aliphatic rings. The molecular weight excluding hydrogens is 324 g/mol. The third kappa shape index (κ3) is 3.40. The summed E-state index contributed by atoms with van der Waals surface area (Å²) in [6.07, 6.45) is 0.581. The lowest BCUT2D eigenvalue weighted by Gasteiger charge is -2.30. The highest BCUT2D eigenvalue weighted by atomic mass is 16.5. The number of carbonyl (C=O) groups is 4. The molecule has 1 aromatic carbocycles. The first-order valence-electron chi connectivity index (χ1n) is 8.18. The van der Waals surface area contributed by atoms with Crippen molar-refractivity contribution in [1.82, 2.24) is 10.2 Å². The largest absolute Gasteiger partial charge is 0.467 e. The number of esters is 1. The summed E-state index contributed by atoms with van der Waals surface area (Å²) in [5.41, 5.74) is 0.573. The Balaban J connectivity index is 2.33. The van der Waals surface area contributed by atoms with E-state index in [1.807, 2.05) is 6.92 Å². The predicted octanol–water partition coefficient (Wildman–Crippen LogP) is 1.37. The fraction of sp³-hybridized carbons (Fsp3) is 0.444. The summed E-state index contributed by atoms with van der Waals surface area (Å²) in [4.78, 5) is 50.7. The van der Waals surface area contributed by atoms with Crippen LogP contribution < -0.4 is 5.32 Å². The maximum absolute atomic E-state index is 12.7. The first kappa shape index (κ1) is 18.6. The van der Waals surface area contributed by atoms with E-state index >= 15 is 0 Å². The lowest BCUT2D eigenvalue weighted by molar-refractivity contribution is -0.145. The van der Waals surface area contributed by atoms with Gasteiger partial charge in [0.2, 0.25) is 5.91 Å². The number of amides is 3. The zero-order chi connectivity index (χ0) is 18.7. The Hall–Kier alpha value is -2.70. The third-order valence-electron chi connectivity index (χ3n) is 4.47. The van der Waals surface area contributed by atoms with Crippen LogP contribution in [0.5, 0.6) is 0 Å². The molecule has 3 atom stereocenters. The maximum Gasteiger partial charge on any atom is 0.328 e. The quantitative estimate of drug-likeness (QED) is 0.620. The highest BCUT2D eigenvalue weighted by Gasteiger charge is 2.44. The van der Waals surface area contributed by atoms with E-state index in [1.165, 1.54) is 14.0 Å². The fourth-order valence-electron chi connectivity index (χ4n) is 2.85. The van der Waals surface area contributed by atoms with Crippen molar-refractivity contribution in [3.05, 3.63) is 35.4 Å². The van der Waals surface area contributed by atoms with Gasteiger partial charge in [-0.05, 0) is 25.0 Å². The Kier molecular flexibility index (Phi) is 5.56. The minimum absolute atomic E-state index is 0.271. The number of nitrogens with one attached hydrogen (secondary N) is 1. The lowest BCUT2D eigenvalue weighted by Crippen LogP contribution is -2.55. The number of ether oxygens (including phenoxy) is 1. The van der Waals surface area contributed by atoms with Crippen molar-refractivity contribution in [2.75, 3.05) is 7.11 Å². The molecule has 1 heterocycles. The highest BCUT2D eigenvalue weighted by molar-refractivity contribution is 6.22. The van der Waals surface area contributed by atoms with Crippen LogP contribution in [0, 0.1) is 5.92 Å². The molecule has 7 nitrogen and oxygen atoms in total. The second-order valence-electron chi connectivity index (χ2n) is 6.11. The number of nitrogens with zero attached hydrogens (tertiary/aromatic N) is 1. The van der Waals surface area contributed by atoms with Gasteiger partial charge >= 0.3 is 5.97 Å². The van der Waals surface area contributed by atoms with Gasteiger partial charge < -0.3 is 10.1 Å². The molecule has 0 spiro atoms. The number of hydrogen-bond donors (Lipinski definition) is 1. The number of imide groups is 1. The Morgan fingerprint density at radius 3 is 2.08 bits per heavy atom. The van der Waals surface area contributed by atoms with Gasteiger partial charge in [-0.25, -0.2) is 4.79 Å². The van der Waals surface area contributed by atoms with Crippen LogP contribution in [0.25, 0.3) is 0 Å². The average molecular weight is 346 g/mol. The minimum Gasteiger partial charge on any atom is -0.467 e. The standard InChI is InChI=1S/C18H22N2O5/c1-5-10(2)14(15(21)19-11(3)18(24)25-4)20-16(22)12-8-6-7-9-13(12)17(20)23/h6-11,14H,5H2,1-4H3,(H,19,21)/t10-,11-,14+/m0/s1. The Labute approximate surface area is 146 Å². The summed E-state index contributed by atoms with van der Waals surface area (Å²) in [6.45, 7) is 5.14. The molecule has 1 aromatic rings. The van der Waals surface area contributed by atoms with E-state index in [-0.39, 0.29) is 17.0 Å². The predicted molar refractivity (Wildman–Crippen MR) is 89.8 cm³/mol. The summed E-state index contributed by atoms with van der Waals surface area (Å²) in [5, 5.41) is 2.53. The number of fused-ring (bicyclic) bond motifs is 1. The molecule has 0 aliphatic carbocycles. The van der Waals surface area contributed by atoms with Gasteiger partial charge in [-0.1, -0.05) is 32.4 Å². The Bertz CT molecular complexity index is 680. The summed E-state index contributed by atoms with van der Waals surface area (Å²) in [7, 11) is 1.22. The van der Waals surface area contributed by atoms with E-state index < -0.39 is 35.8 Å². The molecule has 3 amide bonds. The molecule has 25 heavy (non-hydrogen) atoms. The molecule has 0 aromatic heterocycles. The summed E-state index contributed by atoms with van der Waals surface area (Å²) < 4.78 is 4.60. The average Bonchev–Trinajstić information content (AvgIpc) is 2.86. The summed E-state index contributed by atoms with van der Waals surface area (Å²) in [5.74, 6) is -2.41. The van der Waals surface area contributed by atoms with Crippen LogP contribution in [0.2, 0.25) is 0 Å². The van der Waals surface area contributed by atoms with Gasteiger partial charge in [0.25, 0.3) is 11.8 Å². The molecule has 1 N–H and O–H groups in total. The van der Waals surface area contributed by atoms with Gasteiger partial charge in [0.05, 0.1) is 18.2 Å². The van der Waals surface area contributed by atoms with E-state index in [9.17, 15) is 19.2 Å². The molecule has 7 heteroatoms. The van der Waals surface area contributed by atoms with Crippen LogP contribution in [0.3, 0.4) is 0 Å². The van der Waals surface area contributed by atoms with Gasteiger partial charge in [-0.3, -0.25) is 19.3 Å². The van der Waals surface area contributed by atoms with Gasteiger partial charge in [0.15, 0.2) is 0 Å². The number of methoxy groups -OCH3 is 1. The molecule has 1 aliphatic heterocycles. The van der Waals surface area contributed by atoms with Gasteiger partial charge in [0, 0.05) is 0 Å². The number of benzene rings is 1. The van der Waals surface area contributed by atoms with Crippen LogP contribution in [-0.4, -0.2) is 47.8 Å². The monoisotopic (exact) mass is 346 g/mol. The second-order valence-corrected chi connectivity index (χ2v) is 6.11. The van der Waals surface area contributed by atoms with Crippen molar-refractivity contribution in [3.63, 3.8) is 0 Å². The lowest BCUT2D eigenvalue weighted by atomic mass is 9.96. The Morgan fingerprint density at radius 1 is 1.12 bits per heavy atom. The van der Waals surface area contributed by atoms with E-state index in [0.717, 1.165) is 4.90 Å². The van der Waals surface area contributed by atoms with Crippen LogP contribution in [0.4, 0.5) is 0 Å². The highest BCUT2D eigenvalue weighted by Crippen LogP contribution is 2.28. The molecule has 134 valence electrons. The number of hydrogen-bond acceptors (Lipinski definition) is 5. The van der Waals surface area contributed by atoms with Gasteiger partial charge in [0.1, 0.15) is 12.1 Å². The van der Waals surface area contributed by atoms with E-state index in [1.54, 1.807) is 31.2 Å². The zero-order valence-electron chi connectivity index (χ0n) is 14.7. The maximum atomic E-state index is 12.7. The normalized spacial score (nSPS) is 16.9. The van der Waals surface area contributed by atoms with Crippen molar-refractivity contribution in [1.29, 1.82) is 0 Å². The Morgan fingerprint density at radius 2 is 1.64 bits per heavy atom. The number of carbonyl (C=O) groups excluding carboxylic acids is 4. The first-order chi connectivity index (χ1) is 11.8. The summed E-state index contributed by atoms with van der Waals surface area (Å²) in [6, 6.07) is 4.61. The smallest absolute Gasteiger partial charge is 0.328 e. The molecule has 0 radical (unpaired) electrons. The topological polar surface area (TPSA) is 92.8 Å². The number of rotatable bonds is 6. The van der Waals surface area contributed by atoms with E-state index in [2.05, 4.69) is 10.1 Å². The first-order valence-corrected chi connectivity index (χ1v) is 8.18. The molecule has 0 fully saturated rings. The summed E-state index contributed by atoms with van der Waals surface area (Å²) >= 11 is 0. The van der Waals surface area contributed by atoms with E-state index in [4.69, 9.17) is 0 Å².